The first-order valence-corrected chi connectivity index (χ1v) is 7.21. The van der Waals surface area contributed by atoms with Gasteiger partial charge in [-0.1, -0.05) is 18.2 Å². The van der Waals surface area contributed by atoms with Crippen molar-refractivity contribution in [1.82, 2.24) is 9.62 Å². The molecule has 6 heteroatoms. The number of nitrogens with one attached hydrogen (secondary N) is 1. The van der Waals surface area contributed by atoms with Crippen LogP contribution in [0.5, 0.6) is 0 Å². The van der Waals surface area contributed by atoms with Crippen LogP contribution in [0, 0.1) is 0 Å². The van der Waals surface area contributed by atoms with Gasteiger partial charge < -0.3 is 5.32 Å². The van der Waals surface area contributed by atoms with E-state index >= 15 is 0 Å². The zero-order valence-electron chi connectivity index (χ0n) is 11.1. The van der Waals surface area contributed by atoms with Crippen LogP contribution < -0.4 is 5.32 Å². The summed E-state index contributed by atoms with van der Waals surface area (Å²) in [6.45, 7) is 3.93. The lowest BCUT2D eigenvalue weighted by Gasteiger charge is -2.11. The fraction of sp³-hybridized carbons (Fsp3) is 0.308. The van der Waals surface area contributed by atoms with Gasteiger partial charge >= 0.3 is 0 Å². The van der Waals surface area contributed by atoms with Gasteiger partial charge in [-0.15, -0.1) is 6.58 Å². The van der Waals surface area contributed by atoms with Crippen molar-refractivity contribution in [3.63, 3.8) is 0 Å². The Morgan fingerprint density at radius 1 is 1.32 bits per heavy atom. The second kappa shape index (κ2) is 6.49. The monoisotopic (exact) mass is 282 g/mol. The maximum Gasteiger partial charge on any atom is 0.242 e. The van der Waals surface area contributed by atoms with E-state index < -0.39 is 10.0 Å². The smallest absolute Gasteiger partial charge is 0.242 e. The van der Waals surface area contributed by atoms with Crippen LogP contribution in [0.25, 0.3) is 0 Å². The molecule has 1 N–H and O–H groups in total. The van der Waals surface area contributed by atoms with Crippen LogP contribution in [0.4, 0.5) is 0 Å². The van der Waals surface area contributed by atoms with Gasteiger partial charge in [-0.2, -0.15) is 0 Å². The molecule has 19 heavy (non-hydrogen) atoms. The minimum absolute atomic E-state index is 0.122. The highest BCUT2D eigenvalue weighted by molar-refractivity contribution is 7.89. The molecule has 0 saturated heterocycles. The Morgan fingerprint density at radius 2 is 1.89 bits per heavy atom. The maximum atomic E-state index is 11.8. The molecule has 104 valence electrons. The summed E-state index contributed by atoms with van der Waals surface area (Å²) in [6.07, 6.45) is 1.82. The fourth-order valence-electron chi connectivity index (χ4n) is 1.42. The number of hydrogen-bond acceptors (Lipinski definition) is 3. The van der Waals surface area contributed by atoms with Crippen molar-refractivity contribution in [2.24, 2.45) is 0 Å². The molecular weight excluding hydrogens is 264 g/mol. The second-order valence-electron chi connectivity index (χ2n) is 4.20. The number of sulfonamides is 1. The molecule has 0 atom stereocenters. The summed E-state index contributed by atoms with van der Waals surface area (Å²) >= 11 is 0. The number of rotatable bonds is 6. The van der Waals surface area contributed by atoms with Crippen molar-refractivity contribution in [1.29, 1.82) is 0 Å². The predicted octanol–water partition coefficient (Wildman–Crippen LogP) is 0.782. The Bertz CT molecular complexity index is 548. The van der Waals surface area contributed by atoms with Crippen LogP contribution in [-0.2, 0) is 21.2 Å². The second-order valence-corrected chi connectivity index (χ2v) is 6.35. The molecule has 0 spiro atoms. The first-order chi connectivity index (χ1) is 8.87. The Morgan fingerprint density at radius 3 is 2.37 bits per heavy atom. The summed E-state index contributed by atoms with van der Waals surface area (Å²) in [4.78, 5) is 11.7. The number of amides is 1. The van der Waals surface area contributed by atoms with E-state index in [9.17, 15) is 13.2 Å². The number of nitrogens with zero attached hydrogens (tertiary/aromatic N) is 1. The molecule has 0 radical (unpaired) electrons. The molecule has 5 nitrogen and oxygen atoms in total. The lowest BCUT2D eigenvalue weighted by Crippen LogP contribution is -2.25. The van der Waals surface area contributed by atoms with E-state index in [0.29, 0.717) is 6.54 Å². The minimum atomic E-state index is -3.42. The van der Waals surface area contributed by atoms with Crippen LogP contribution >= 0.6 is 0 Å². The number of benzene rings is 1. The zero-order chi connectivity index (χ0) is 14.5. The van der Waals surface area contributed by atoms with Crippen LogP contribution in [0.2, 0.25) is 0 Å². The molecule has 0 aliphatic heterocycles. The molecule has 0 unspecified atom stereocenters. The summed E-state index contributed by atoms with van der Waals surface area (Å²) in [5.41, 5.74) is 0.763. The summed E-state index contributed by atoms with van der Waals surface area (Å²) in [5.74, 6) is -0.122. The molecule has 1 aromatic rings. The first kappa shape index (κ1) is 15.4. The molecule has 0 aliphatic rings. The van der Waals surface area contributed by atoms with Crippen molar-refractivity contribution < 1.29 is 13.2 Å². The van der Waals surface area contributed by atoms with Gasteiger partial charge in [0.25, 0.3) is 0 Å². The van der Waals surface area contributed by atoms with E-state index in [1.807, 2.05) is 0 Å². The molecule has 0 heterocycles. The maximum absolute atomic E-state index is 11.8. The molecule has 0 aliphatic carbocycles. The van der Waals surface area contributed by atoms with Crippen molar-refractivity contribution in [2.45, 2.75) is 11.3 Å². The Hall–Kier alpha value is -1.66. The van der Waals surface area contributed by atoms with E-state index in [1.54, 1.807) is 18.2 Å². The van der Waals surface area contributed by atoms with Gasteiger partial charge in [0.1, 0.15) is 0 Å². The van der Waals surface area contributed by atoms with E-state index in [2.05, 4.69) is 11.9 Å². The van der Waals surface area contributed by atoms with E-state index in [4.69, 9.17) is 0 Å². The Labute approximate surface area is 114 Å². The molecule has 1 aromatic carbocycles. The first-order valence-electron chi connectivity index (χ1n) is 5.77. The van der Waals surface area contributed by atoms with Gasteiger partial charge in [-0.05, 0) is 17.7 Å². The third-order valence-electron chi connectivity index (χ3n) is 2.51. The zero-order valence-corrected chi connectivity index (χ0v) is 11.9. The number of carbonyl (C=O) groups is 1. The van der Waals surface area contributed by atoms with Crippen molar-refractivity contribution in [3.05, 3.63) is 42.5 Å². The van der Waals surface area contributed by atoms with Crippen LogP contribution in [0.15, 0.2) is 41.8 Å². The van der Waals surface area contributed by atoms with E-state index in [0.717, 1.165) is 9.87 Å². The lowest BCUT2D eigenvalue weighted by molar-refractivity contribution is -0.120. The number of carbonyl (C=O) groups excluding carboxylic acids is 1. The highest BCUT2D eigenvalue weighted by atomic mass is 32.2. The molecule has 1 rings (SSSR count). The molecule has 0 saturated carbocycles. The molecule has 0 bridgehead atoms. The third kappa shape index (κ3) is 4.18. The Balaban J connectivity index is 2.77. The quantitative estimate of drug-likeness (QED) is 0.784. The van der Waals surface area contributed by atoms with Crippen LogP contribution in [-0.4, -0.2) is 39.3 Å². The highest BCUT2D eigenvalue weighted by Gasteiger charge is 2.16. The van der Waals surface area contributed by atoms with Crippen LogP contribution in [0.1, 0.15) is 5.56 Å². The van der Waals surface area contributed by atoms with Crippen molar-refractivity contribution in [2.75, 3.05) is 20.6 Å². The van der Waals surface area contributed by atoms with Gasteiger partial charge in [0, 0.05) is 20.6 Å². The molecule has 0 fully saturated rings. The van der Waals surface area contributed by atoms with Gasteiger partial charge in [-0.25, -0.2) is 12.7 Å². The van der Waals surface area contributed by atoms with Crippen molar-refractivity contribution in [3.8, 4) is 0 Å². The van der Waals surface area contributed by atoms with Gasteiger partial charge in [0.05, 0.1) is 11.3 Å². The molecular formula is C13H18N2O3S. The average molecular weight is 282 g/mol. The molecule has 1 amide bonds. The largest absolute Gasteiger partial charge is 0.352 e. The average Bonchev–Trinajstić information content (AvgIpc) is 2.36. The predicted molar refractivity (Wildman–Crippen MR) is 74.2 cm³/mol. The van der Waals surface area contributed by atoms with Crippen molar-refractivity contribution >= 4 is 15.9 Å². The Kier molecular flexibility index (Phi) is 5.26. The van der Waals surface area contributed by atoms with Gasteiger partial charge in [0.15, 0.2) is 0 Å². The lowest BCUT2D eigenvalue weighted by atomic mass is 10.1. The van der Waals surface area contributed by atoms with Crippen LogP contribution in [0.3, 0.4) is 0 Å². The van der Waals surface area contributed by atoms with Gasteiger partial charge in [0.2, 0.25) is 15.9 Å². The number of hydrogen-bond donors (Lipinski definition) is 1. The fourth-order valence-corrected chi connectivity index (χ4v) is 2.33. The topological polar surface area (TPSA) is 66.5 Å². The summed E-state index contributed by atoms with van der Waals surface area (Å²) in [6, 6.07) is 6.30. The summed E-state index contributed by atoms with van der Waals surface area (Å²) in [7, 11) is -0.460. The SMILES string of the molecule is C=CCNC(=O)Cc1ccc(S(=O)(=O)N(C)C)cc1. The highest BCUT2D eigenvalue weighted by Crippen LogP contribution is 2.14. The molecule has 0 aromatic heterocycles. The summed E-state index contributed by atoms with van der Waals surface area (Å²) < 4.78 is 24.8. The van der Waals surface area contributed by atoms with E-state index in [1.165, 1.54) is 26.2 Å². The van der Waals surface area contributed by atoms with Gasteiger partial charge in [-0.3, -0.25) is 4.79 Å². The third-order valence-corrected chi connectivity index (χ3v) is 4.34. The standard InChI is InChI=1S/C13H18N2O3S/c1-4-9-14-13(16)10-11-5-7-12(8-6-11)19(17,18)15(2)3/h4-8H,1,9-10H2,2-3H3,(H,14,16). The summed E-state index contributed by atoms with van der Waals surface area (Å²) in [5, 5.41) is 2.66. The minimum Gasteiger partial charge on any atom is -0.352 e. The van der Waals surface area contributed by atoms with E-state index in [-0.39, 0.29) is 17.2 Å². The normalized spacial score (nSPS) is 11.3.